The molecule has 2 fully saturated rings. The molecule has 2 heterocycles. The Labute approximate surface area is 267 Å². The van der Waals surface area contributed by atoms with Crippen LogP contribution in [-0.4, -0.2) is 87.9 Å². The second kappa shape index (κ2) is 17.7. The fourth-order valence-corrected chi connectivity index (χ4v) is 4.67. The smallest absolute Gasteiger partial charge is 0.338 e. The number of hydrogen-bond acceptors (Lipinski definition) is 12. The first kappa shape index (κ1) is 34.2. The van der Waals surface area contributed by atoms with Gasteiger partial charge in [0.25, 0.3) is 0 Å². The van der Waals surface area contributed by atoms with Gasteiger partial charge in [0.1, 0.15) is 23.7 Å². The van der Waals surface area contributed by atoms with Gasteiger partial charge in [0.15, 0.2) is 12.2 Å². The number of fused-ring (bicyclic) bond motifs is 1. The van der Waals surface area contributed by atoms with E-state index in [1.165, 1.54) is 0 Å². The summed E-state index contributed by atoms with van der Waals surface area (Å²) < 4.78 is 44.1. The molecule has 0 unspecified atom stereocenters. The molecular formula is C34H38O12. The maximum Gasteiger partial charge on any atom is 0.338 e. The first-order valence-electron chi connectivity index (χ1n) is 15.1. The molecule has 12 nitrogen and oxygen atoms in total. The fraction of sp³-hybridized carbons (Fsp3) is 0.412. The Kier molecular flexibility index (Phi) is 13.2. The summed E-state index contributed by atoms with van der Waals surface area (Å²) in [5.41, 5.74) is 0.684. The van der Waals surface area contributed by atoms with Gasteiger partial charge in [-0.1, -0.05) is 13.2 Å². The molecule has 246 valence electrons. The van der Waals surface area contributed by atoms with Gasteiger partial charge >= 0.3 is 23.9 Å². The predicted octanol–water partition coefficient (Wildman–Crippen LogP) is 4.01. The van der Waals surface area contributed by atoms with Crippen LogP contribution >= 0.6 is 0 Å². The van der Waals surface area contributed by atoms with Gasteiger partial charge in [-0.15, -0.1) is 0 Å². The van der Waals surface area contributed by atoms with Gasteiger partial charge < -0.3 is 37.9 Å². The normalized spacial score (nSPS) is 19.7. The Morgan fingerprint density at radius 1 is 0.609 bits per heavy atom. The van der Waals surface area contributed by atoms with Crippen molar-refractivity contribution in [2.75, 3.05) is 39.6 Å². The van der Waals surface area contributed by atoms with Gasteiger partial charge in [-0.2, -0.15) is 0 Å². The van der Waals surface area contributed by atoms with Crippen LogP contribution in [0.5, 0.6) is 11.5 Å². The molecule has 0 aromatic heterocycles. The Bertz CT molecular complexity index is 1230. The fourth-order valence-electron chi connectivity index (χ4n) is 4.67. The topological polar surface area (TPSA) is 142 Å². The lowest BCUT2D eigenvalue weighted by Gasteiger charge is -2.17. The first-order valence-corrected chi connectivity index (χ1v) is 15.1. The van der Waals surface area contributed by atoms with Crippen molar-refractivity contribution in [1.29, 1.82) is 0 Å². The molecule has 0 aliphatic carbocycles. The number of ether oxygens (including phenoxy) is 8. The molecule has 12 heteroatoms. The van der Waals surface area contributed by atoms with E-state index in [0.717, 1.165) is 12.2 Å². The Hall–Kier alpha value is -4.68. The summed E-state index contributed by atoms with van der Waals surface area (Å²) in [6.07, 6.45) is 2.50. The van der Waals surface area contributed by atoms with Crippen molar-refractivity contribution in [2.45, 2.75) is 50.1 Å². The van der Waals surface area contributed by atoms with Crippen molar-refractivity contribution in [1.82, 2.24) is 0 Å². The molecule has 46 heavy (non-hydrogen) atoms. The lowest BCUT2D eigenvalue weighted by molar-refractivity contribution is -0.138. The molecule has 4 atom stereocenters. The number of benzene rings is 2. The quantitative estimate of drug-likeness (QED) is 0.101. The van der Waals surface area contributed by atoms with E-state index in [0.29, 0.717) is 74.7 Å². The van der Waals surface area contributed by atoms with Crippen molar-refractivity contribution in [3.8, 4) is 11.5 Å². The van der Waals surface area contributed by atoms with E-state index in [1.54, 1.807) is 48.5 Å². The van der Waals surface area contributed by atoms with E-state index in [4.69, 9.17) is 37.9 Å². The van der Waals surface area contributed by atoms with Crippen LogP contribution in [0.2, 0.25) is 0 Å². The lowest BCUT2D eigenvalue weighted by atomic mass is 10.1. The summed E-state index contributed by atoms with van der Waals surface area (Å²) in [4.78, 5) is 47.6. The minimum atomic E-state index is -0.655. The van der Waals surface area contributed by atoms with Crippen LogP contribution < -0.4 is 9.47 Å². The van der Waals surface area contributed by atoms with Crippen molar-refractivity contribution >= 4 is 23.9 Å². The highest BCUT2D eigenvalue weighted by Crippen LogP contribution is 2.31. The van der Waals surface area contributed by atoms with Crippen LogP contribution in [0, 0.1) is 0 Å². The van der Waals surface area contributed by atoms with Crippen LogP contribution in [0.3, 0.4) is 0 Å². The molecule has 0 saturated carbocycles. The van der Waals surface area contributed by atoms with Crippen LogP contribution in [-0.2, 0) is 38.0 Å². The van der Waals surface area contributed by atoms with Crippen molar-refractivity contribution in [3.63, 3.8) is 0 Å². The Balaban J connectivity index is 1.15. The number of rotatable bonds is 18. The zero-order chi connectivity index (χ0) is 32.7. The summed E-state index contributed by atoms with van der Waals surface area (Å²) in [6, 6.07) is 13.1. The van der Waals surface area contributed by atoms with Crippen LogP contribution in [0.25, 0.3) is 0 Å². The molecule has 0 N–H and O–H groups in total. The standard InChI is InChI=1S/C34H38O12/c1-3-29(35)41-19-7-5-17-39-25-13-9-23(10-14-25)33(37)45-27-21-43-32-28(22-44-31(27)32)46-34(38)24-11-15-26(16-12-24)40-18-6-8-20-42-30(36)4-2/h3-4,9-16,27-28,31-32H,1-2,5-8,17-22H2/t27-,28+,31-,32-/m0/s1. The van der Waals surface area contributed by atoms with Crippen LogP contribution in [0.1, 0.15) is 46.4 Å². The largest absolute Gasteiger partial charge is 0.494 e. The molecule has 4 rings (SSSR count). The van der Waals surface area contributed by atoms with Gasteiger partial charge in [0.2, 0.25) is 0 Å². The molecule has 0 spiro atoms. The van der Waals surface area contributed by atoms with Crippen molar-refractivity contribution in [3.05, 3.63) is 85.0 Å². The first-order chi connectivity index (χ1) is 22.4. The Morgan fingerprint density at radius 2 is 0.978 bits per heavy atom. The van der Waals surface area contributed by atoms with Gasteiger partial charge in [0, 0.05) is 12.2 Å². The third-order valence-electron chi connectivity index (χ3n) is 7.10. The van der Waals surface area contributed by atoms with Gasteiger partial charge in [0.05, 0.1) is 50.8 Å². The zero-order valence-electron chi connectivity index (χ0n) is 25.5. The highest BCUT2D eigenvalue weighted by molar-refractivity contribution is 5.90. The summed E-state index contributed by atoms with van der Waals surface area (Å²) in [5, 5.41) is 0. The molecular weight excluding hydrogens is 600 g/mol. The second-order valence-corrected chi connectivity index (χ2v) is 10.4. The summed E-state index contributed by atoms with van der Waals surface area (Å²) in [6.45, 7) is 8.36. The second-order valence-electron chi connectivity index (χ2n) is 10.4. The number of unbranched alkanes of at least 4 members (excludes halogenated alkanes) is 2. The number of carbonyl (C=O) groups is 4. The summed E-state index contributed by atoms with van der Waals surface area (Å²) >= 11 is 0. The van der Waals surface area contributed by atoms with E-state index in [-0.39, 0.29) is 13.2 Å². The molecule has 2 saturated heterocycles. The average Bonchev–Trinajstić information content (AvgIpc) is 3.67. The van der Waals surface area contributed by atoms with Crippen molar-refractivity contribution < 1.29 is 57.1 Å². The van der Waals surface area contributed by atoms with E-state index in [1.807, 2.05) is 0 Å². The molecule has 0 radical (unpaired) electrons. The van der Waals surface area contributed by atoms with E-state index >= 15 is 0 Å². The highest BCUT2D eigenvalue weighted by Gasteiger charge is 2.51. The van der Waals surface area contributed by atoms with Crippen LogP contribution in [0.15, 0.2) is 73.8 Å². The van der Waals surface area contributed by atoms with Gasteiger partial charge in [-0.25, -0.2) is 19.2 Å². The highest BCUT2D eigenvalue weighted by atomic mass is 16.7. The summed E-state index contributed by atoms with van der Waals surface area (Å²) in [5.74, 6) is -0.787. The maximum atomic E-state index is 12.8. The monoisotopic (exact) mass is 638 g/mol. The zero-order valence-corrected chi connectivity index (χ0v) is 25.5. The average molecular weight is 639 g/mol. The van der Waals surface area contributed by atoms with Gasteiger partial charge in [-0.3, -0.25) is 0 Å². The predicted molar refractivity (Wildman–Crippen MR) is 163 cm³/mol. The number of hydrogen-bond donors (Lipinski definition) is 0. The minimum absolute atomic E-state index is 0.112. The van der Waals surface area contributed by atoms with E-state index in [9.17, 15) is 19.2 Å². The van der Waals surface area contributed by atoms with Crippen LogP contribution in [0.4, 0.5) is 0 Å². The third-order valence-corrected chi connectivity index (χ3v) is 7.10. The molecule has 0 bridgehead atoms. The number of carbonyl (C=O) groups excluding carboxylic acids is 4. The number of esters is 4. The molecule has 2 aromatic carbocycles. The van der Waals surface area contributed by atoms with E-state index in [2.05, 4.69) is 13.2 Å². The lowest BCUT2D eigenvalue weighted by Crippen LogP contribution is -2.36. The minimum Gasteiger partial charge on any atom is -0.494 e. The molecule has 2 aliphatic heterocycles. The van der Waals surface area contributed by atoms with E-state index < -0.39 is 48.3 Å². The third kappa shape index (κ3) is 10.2. The SMILES string of the molecule is C=CC(=O)OCCCCOc1ccc(C(=O)O[C@H]2CO[C@@H]3[C@H]2OC[C@H]3OC(=O)c2ccc(OCCCCOC(=O)C=C)cc2)cc1. The summed E-state index contributed by atoms with van der Waals surface area (Å²) in [7, 11) is 0. The molecule has 2 aromatic rings. The maximum absolute atomic E-state index is 12.8. The van der Waals surface area contributed by atoms with Gasteiger partial charge in [-0.05, 0) is 74.2 Å². The van der Waals surface area contributed by atoms with Crippen molar-refractivity contribution in [2.24, 2.45) is 0 Å². The molecule has 0 amide bonds. The molecule has 2 aliphatic rings. The Morgan fingerprint density at radius 3 is 1.35 bits per heavy atom.